The summed E-state index contributed by atoms with van der Waals surface area (Å²) in [6.45, 7) is 1.31. The average Bonchev–Trinajstić information content (AvgIpc) is 2.97. The van der Waals surface area contributed by atoms with Gasteiger partial charge in [-0.1, -0.05) is 0 Å². The molecule has 2 aromatic heterocycles. The highest BCUT2D eigenvalue weighted by molar-refractivity contribution is 9.10. The molecular formula is C12H15Br2N3O2. The third-order valence-electron chi connectivity index (χ3n) is 2.86. The summed E-state index contributed by atoms with van der Waals surface area (Å²) in [7, 11) is 3.59. The van der Waals surface area contributed by atoms with Crippen LogP contribution in [0.3, 0.4) is 0 Å². The molecule has 2 aromatic rings. The summed E-state index contributed by atoms with van der Waals surface area (Å²) < 4.78 is 14.0. The Kier molecular flexibility index (Phi) is 5.20. The van der Waals surface area contributed by atoms with E-state index in [1.165, 1.54) is 0 Å². The lowest BCUT2D eigenvalue weighted by molar-refractivity contribution is 0.182. The Labute approximate surface area is 128 Å². The van der Waals surface area contributed by atoms with E-state index in [4.69, 9.17) is 9.15 Å². The maximum atomic E-state index is 5.31. The van der Waals surface area contributed by atoms with Crippen molar-refractivity contribution < 1.29 is 9.15 Å². The van der Waals surface area contributed by atoms with Gasteiger partial charge in [0.25, 0.3) is 0 Å². The maximum Gasteiger partial charge on any atom is 0.174 e. The largest absolute Gasteiger partial charge is 0.457 e. The van der Waals surface area contributed by atoms with Gasteiger partial charge in [-0.2, -0.15) is 5.10 Å². The fourth-order valence-corrected chi connectivity index (χ4v) is 2.96. The molecule has 0 amide bonds. The van der Waals surface area contributed by atoms with Gasteiger partial charge in [0, 0.05) is 12.7 Å². The molecule has 7 heteroatoms. The Morgan fingerprint density at radius 2 is 2.32 bits per heavy atom. The van der Waals surface area contributed by atoms with E-state index in [0.717, 1.165) is 20.4 Å². The summed E-state index contributed by atoms with van der Waals surface area (Å²) in [5, 5.41) is 7.65. The van der Waals surface area contributed by atoms with E-state index >= 15 is 0 Å². The Hall–Kier alpha value is -0.630. The van der Waals surface area contributed by atoms with Crippen LogP contribution in [0.2, 0.25) is 0 Å². The fourth-order valence-electron chi connectivity index (χ4n) is 1.96. The van der Waals surface area contributed by atoms with Gasteiger partial charge in [0.15, 0.2) is 4.67 Å². The minimum Gasteiger partial charge on any atom is -0.457 e. The molecule has 2 rings (SSSR count). The number of furan rings is 1. The minimum atomic E-state index is -0.0122. The zero-order valence-electron chi connectivity index (χ0n) is 10.7. The van der Waals surface area contributed by atoms with E-state index in [1.807, 2.05) is 17.8 Å². The number of hydrogen-bond donors (Lipinski definition) is 1. The van der Waals surface area contributed by atoms with Crippen molar-refractivity contribution in [3.63, 3.8) is 0 Å². The van der Waals surface area contributed by atoms with Crippen LogP contribution in [0.1, 0.15) is 17.3 Å². The normalized spacial score (nSPS) is 12.8. The first kappa shape index (κ1) is 14.8. The van der Waals surface area contributed by atoms with Crippen LogP contribution in [-0.4, -0.2) is 30.5 Å². The number of aromatic nitrogens is 2. The molecule has 5 nitrogen and oxygen atoms in total. The number of methoxy groups -OCH3 is 1. The molecule has 0 saturated heterocycles. The van der Waals surface area contributed by atoms with Crippen molar-refractivity contribution in [2.75, 3.05) is 20.8 Å². The molecule has 0 aliphatic heterocycles. The minimum absolute atomic E-state index is 0.0122. The predicted molar refractivity (Wildman–Crippen MR) is 79.1 cm³/mol. The molecule has 0 aromatic carbocycles. The number of halogens is 2. The number of nitrogens with zero attached hydrogens (tertiary/aromatic N) is 2. The Bertz CT molecular complexity index is 539. The molecule has 0 aliphatic carbocycles. The summed E-state index contributed by atoms with van der Waals surface area (Å²) in [4.78, 5) is 0. The summed E-state index contributed by atoms with van der Waals surface area (Å²) in [6, 6.07) is 1.92. The van der Waals surface area contributed by atoms with E-state index in [-0.39, 0.29) is 6.04 Å². The third-order valence-corrected chi connectivity index (χ3v) is 4.12. The van der Waals surface area contributed by atoms with Crippen LogP contribution in [0.15, 0.2) is 32.1 Å². The van der Waals surface area contributed by atoms with E-state index in [9.17, 15) is 0 Å². The monoisotopic (exact) mass is 391 g/mol. The number of ether oxygens (including phenoxy) is 1. The maximum absolute atomic E-state index is 5.31. The van der Waals surface area contributed by atoms with E-state index in [2.05, 4.69) is 42.3 Å². The number of hydrogen-bond acceptors (Lipinski definition) is 4. The van der Waals surface area contributed by atoms with Crippen molar-refractivity contribution >= 4 is 31.9 Å². The van der Waals surface area contributed by atoms with Gasteiger partial charge in [0.1, 0.15) is 0 Å². The smallest absolute Gasteiger partial charge is 0.174 e. The molecule has 1 unspecified atom stereocenters. The highest BCUT2D eigenvalue weighted by Gasteiger charge is 2.23. The van der Waals surface area contributed by atoms with Crippen LogP contribution in [0, 0.1) is 0 Å². The second-order valence-corrected chi connectivity index (χ2v) is 5.54. The summed E-state index contributed by atoms with van der Waals surface area (Å²) in [6.07, 6.45) is 3.46. The summed E-state index contributed by atoms with van der Waals surface area (Å²) in [5.41, 5.74) is 2.07. The molecule has 19 heavy (non-hydrogen) atoms. The van der Waals surface area contributed by atoms with Crippen LogP contribution in [0.4, 0.5) is 0 Å². The third kappa shape index (κ3) is 3.10. The highest BCUT2D eigenvalue weighted by Crippen LogP contribution is 2.33. The van der Waals surface area contributed by atoms with Crippen LogP contribution in [0.5, 0.6) is 0 Å². The standard InChI is InChI=1S/C12H15Br2N3O2/c1-15-10(8-3-5-19-12(8)14)11-9(13)7-16-17(11)4-6-18-2/h3,5,7,10,15H,4,6H2,1-2H3. The van der Waals surface area contributed by atoms with Crippen molar-refractivity contribution in [1.82, 2.24) is 15.1 Å². The second kappa shape index (κ2) is 6.69. The van der Waals surface area contributed by atoms with E-state index < -0.39 is 0 Å². The number of rotatable bonds is 6. The van der Waals surface area contributed by atoms with Gasteiger partial charge in [-0.15, -0.1) is 0 Å². The molecule has 0 bridgehead atoms. The summed E-state index contributed by atoms with van der Waals surface area (Å²) >= 11 is 6.97. The first-order valence-electron chi connectivity index (χ1n) is 5.79. The van der Waals surface area contributed by atoms with Gasteiger partial charge in [0.2, 0.25) is 0 Å². The van der Waals surface area contributed by atoms with Crippen molar-refractivity contribution in [3.8, 4) is 0 Å². The molecule has 1 N–H and O–H groups in total. The predicted octanol–water partition coefficient (Wildman–Crippen LogP) is 2.96. The van der Waals surface area contributed by atoms with Gasteiger partial charge in [0.05, 0.1) is 41.8 Å². The van der Waals surface area contributed by atoms with Gasteiger partial charge in [-0.25, -0.2) is 0 Å². The molecule has 0 fully saturated rings. The van der Waals surface area contributed by atoms with Crippen LogP contribution < -0.4 is 5.32 Å². The molecule has 0 aliphatic rings. The average molecular weight is 393 g/mol. The van der Waals surface area contributed by atoms with Crippen molar-refractivity contribution in [2.45, 2.75) is 12.6 Å². The molecule has 104 valence electrons. The lowest BCUT2D eigenvalue weighted by Crippen LogP contribution is -2.23. The second-order valence-electron chi connectivity index (χ2n) is 3.97. The van der Waals surface area contributed by atoms with Gasteiger partial charge in [-0.3, -0.25) is 4.68 Å². The SMILES string of the molecule is CNC(c1ccoc1Br)c1c(Br)cnn1CCOC. The molecule has 0 saturated carbocycles. The van der Waals surface area contributed by atoms with Gasteiger partial charge >= 0.3 is 0 Å². The van der Waals surface area contributed by atoms with Gasteiger partial charge in [-0.05, 0) is 45.0 Å². The topological polar surface area (TPSA) is 52.2 Å². The van der Waals surface area contributed by atoms with Gasteiger partial charge < -0.3 is 14.5 Å². The Morgan fingerprint density at radius 1 is 1.53 bits per heavy atom. The highest BCUT2D eigenvalue weighted by atomic mass is 79.9. The lowest BCUT2D eigenvalue weighted by atomic mass is 10.1. The Balaban J connectivity index is 2.38. The first-order chi connectivity index (χ1) is 9.19. The van der Waals surface area contributed by atoms with Crippen molar-refractivity contribution in [3.05, 3.63) is 38.9 Å². The molecule has 0 radical (unpaired) electrons. The Morgan fingerprint density at radius 3 is 2.89 bits per heavy atom. The van der Waals surface area contributed by atoms with Crippen molar-refractivity contribution in [1.29, 1.82) is 0 Å². The zero-order valence-corrected chi connectivity index (χ0v) is 13.9. The lowest BCUT2D eigenvalue weighted by Gasteiger charge is -2.18. The molecular weight excluding hydrogens is 378 g/mol. The first-order valence-corrected chi connectivity index (χ1v) is 7.38. The zero-order chi connectivity index (χ0) is 13.8. The van der Waals surface area contributed by atoms with Crippen LogP contribution in [0.25, 0.3) is 0 Å². The summed E-state index contributed by atoms with van der Waals surface area (Å²) in [5.74, 6) is 0. The van der Waals surface area contributed by atoms with Crippen molar-refractivity contribution in [2.24, 2.45) is 0 Å². The van der Waals surface area contributed by atoms with Crippen LogP contribution >= 0.6 is 31.9 Å². The quantitative estimate of drug-likeness (QED) is 0.821. The van der Waals surface area contributed by atoms with E-state index in [1.54, 1.807) is 19.6 Å². The fraction of sp³-hybridized carbons (Fsp3) is 0.417. The molecule has 2 heterocycles. The molecule has 1 atom stereocenters. The molecule has 0 spiro atoms. The van der Waals surface area contributed by atoms with E-state index in [0.29, 0.717) is 13.2 Å². The van der Waals surface area contributed by atoms with Crippen LogP contribution in [-0.2, 0) is 11.3 Å². The number of nitrogens with one attached hydrogen (secondary N) is 1.